The topological polar surface area (TPSA) is 45.2 Å². The van der Waals surface area contributed by atoms with Gasteiger partial charge >= 0.3 is 0 Å². The Morgan fingerprint density at radius 2 is 1.81 bits per heavy atom. The predicted octanol–water partition coefficient (Wildman–Crippen LogP) is 4.13. The van der Waals surface area contributed by atoms with Crippen molar-refractivity contribution in [3.63, 3.8) is 0 Å². The smallest absolute Gasteiger partial charge is 0.238 e. The lowest BCUT2D eigenvalue weighted by molar-refractivity contribution is -0.117. The van der Waals surface area contributed by atoms with Crippen molar-refractivity contribution in [2.24, 2.45) is 5.92 Å². The van der Waals surface area contributed by atoms with Crippen LogP contribution in [0.3, 0.4) is 0 Å². The Hall–Kier alpha value is -2.72. The summed E-state index contributed by atoms with van der Waals surface area (Å²) in [5.41, 5.74) is 3.15. The van der Waals surface area contributed by atoms with Crippen molar-refractivity contribution in [3.8, 4) is 0 Å². The number of nitrogens with zero attached hydrogens (tertiary/aromatic N) is 2. The summed E-state index contributed by atoms with van der Waals surface area (Å²) in [5.74, 6) is 0.767. The maximum atomic E-state index is 12.5. The molecule has 3 aromatic rings. The van der Waals surface area contributed by atoms with E-state index in [-0.39, 0.29) is 5.91 Å². The normalized spacial score (nSPS) is 15.7. The van der Waals surface area contributed by atoms with E-state index in [4.69, 9.17) is 0 Å². The van der Waals surface area contributed by atoms with Crippen molar-refractivity contribution in [1.29, 1.82) is 0 Å². The first-order chi connectivity index (χ1) is 13.3. The van der Waals surface area contributed by atoms with Crippen LogP contribution >= 0.6 is 0 Å². The molecule has 1 amide bonds. The highest BCUT2D eigenvalue weighted by molar-refractivity contribution is 6.01. The third-order valence-corrected chi connectivity index (χ3v) is 5.36. The molecule has 0 spiro atoms. The predicted molar refractivity (Wildman–Crippen MR) is 110 cm³/mol. The molecule has 1 aliphatic heterocycles. The van der Waals surface area contributed by atoms with Gasteiger partial charge in [0.05, 0.1) is 17.7 Å². The van der Waals surface area contributed by atoms with Crippen LogP contribution in [0.2, 0.25) is 0 Å². The number of fused-ring (bicyclic) bond motifs is 1. The highest BCUT2D eigenvalue weighted by Gasteiger charge is 2.21. The molecule has 0 bridgehead atoms. The lowest BCUT2D eigenvalue weighted by Crippen LogP contribution is -2.39. The summed E-state index contributed by atoms with van der Waals surface area (Å²) in [6.45, 7) is 2.43. The molecule has 4 heteroatoms. The summed E-state index contributed by atoms with van der Waals surface area (Å²) < 4.78 is 0. The van der Waals surface area contributed by atoms with Gasteiger partial charge in [-0.3, -0.25) is 14.7 Å². The van der Waals surface area contributed by atoms with Crippen LogP contribution in [-0.2, 0) is 11.2 Å². The van der Waals surface area contributed by atoms with E-state index >= 15 is 0 Å². The van der Waals surface area contributed by atoms with Crippen LogP contribution in [0.4, 0.5) is 5.69 Å². The van der Waals surface area contributed by atoms with Crippen molar-refractivity contribution >= 4 is 22.5 Å². The molecule has 0 radical (unpaired) electrons. The van der Waals surface area contributed by atoms with E-state index in [1.807, 2.05) is 30.3 Å². The van der Waals surface area contributed by atoms with E-state index in [2.05, 4.69) is 45.5 Å². The van der Waals surface area contributed by atoms with E-state index < -0.39 is 0 Å². The second-order valence-electron chi connectivity index (χ2n) is 7.33. The van der Waals surface area contributed by atoms with Gasteiger partial charge in [-0.2, -0.15) is 0 Å². The zero-order chi connectivity index (χ0) is 18.5. The van der Waals surface area contributed by atoms with Gasteiger partial charge in [-0.05, 0) is 68.1 Å². The Morgan fingerprint density at radius 3 is 2.63 bits per heavy atom. The molecule has 1 aliphatic rings. The molecule has 4 nitrogen and oxygen atoms in total. The summed E-state index contributed by atoms with van der Waals surface area (Å²) in [6, 6.07) is 20.4. The summed E-state index contributed by atoms with van der Waals surface area (Å²) >= 11 is 0. The quantitative estimate of drug-likeness (QED) is 0.745. The SMILES string of the molecule is O=C(CN1CCC(Cc2ccccc2)CC1)Nc1cccc2ncccc12. The maximum Gasteiger partial charge on any atom is 0.238 e. The van der Waals surface area contributed by atoms with Crippen LogP contribution < -0.4 is 5.32 Å². The molecule has 2 aromatic carbocycles. The molecule has 2 heterocycles. The van der Waals surface area contributed by atoms with E-state index in [9.17, 15) is 4.79 Å². The van der Waals surface area contributed by atoms with Gasteiger partial charge in [-0.1, -0.05) is 36.4 Å². The number of anilines is 1. The number of benzene rings is 2. The van der Waals surface area contributed by atoms with Crippen molar-refractivity contribution in [2.45, 2.75) is 19.3 Å². The van der Waals surface area contributed by atoms with Crippen molar-refractivity contribution in [2.75, 3.05) is 25.0 Å². The molecule has 0 aliphatic carbocycles. The fraction of sp³-hybridized carbons (Fsp3) is 0.304. The van der Waals surface area contributed by atoms with Crippen LogP contribution in [0.1, 0.15) is 18.4 Å². The van der Waals surface area contributed by atoms with E-state index in [0.717, 1.165) is 54.9 Å². The summed E-state index contributed by atoms with van der Waals surface area (Å²) in [6.07, 6.45) is 5.22. The Labute approximate surface area is 160 Å². The van der Waals surface area contributed by atoms with Crippen LogP contribution in [0, 0.1) is 5.92 Å². The van der Waals surface area contributed by atoms with Crippen molar-refractivity contribution in [3.05, 3.63) is 72.4 Å². The zero-order valence-electron chi connectivity index (χ0n) is 15.5. The van der Waals surface area contributed by atoms with E-state index in [1.165, 1.54) is 5.56 Å². The van der Waals surface area contributed by atoms with Crippen molar-refractivity contribution in [1.82, 2.24) is 9.88 Å². The first-order valence-corrected chi connectivity index (χ1v) is 9.68. The van der Waals surface area contributed by atoms with Gasteiger partial charge in [-0.25, -0.2) is 0 Å². The molecule has 1 aromatic heterocycles. The van der Waals surface area contributed by atoms with Crippen LogP contribution in [-0.4, -0.2) is 35.4 Å². The number of piperidine rings is 1. The third kappa shape index (κ3) is 4.52. The van der Waals surface area contributed by atoms with Crippen LogP contribution in [0.25, 0.3) is 10.9 Å². The monoisotopic (exact) mass is 359 g/mol. The van der Waals surface area contributed by atoms with E-state index in [0.29, 0.717) is 6.54 Å². The Morgan fingerprint density at radius 1 is 1.00 bits per heavy atom. The number of pyridine rings is 1. The number of nitrogens with one attached hydrogen (secondary N) is 1. The minimum atomic E-state index is 0.0489. The molecule has 27 heavy (non-hydrogen) atoms. The third-order valence-electron chi connectivity index (χ3n) is 5.36. The largest absolute Gasteiger partial charge is 0.324 e. The molecular weight excluding hydrogens is 334 g/mol. The molecule has 4 rings (SSSR count). The highest BCUT2D eigenvalue weighted by Crippen LogP contribution is 2.23. The number of likely N-dealkylation sites (tertiary alicyclic amines) is 1. The molecule has 1 fully saturated rings. The number of carbonyl (C=O) groups excluding carboxylic acids is 1. The first kappa shape index (κ1) is 17.7. The lowest BCUT2D eigenvalue weighted by atomic mass is 9.90. The number of hydrogen-bond acceptors (Lipinski definition) is 3. The zero-order valence-corrected chi connectivity index (χ0v) is 15.5. The Bertz CT molecular complexity index is 896. The lowest BCUT2D eigenvalue weighted by Gasteiger charge is -2.31. The Kier molecular flexibility index (Phi) is 5.45. The summed E-state index contributed by atoms with van der Waals surface area (Å²) in [5, 5.41) is 4.04. The van der Waals surface area contributed by atoms with Gasteiger partial charge in [-0.15, -0.1) is 0 Å². The summed E-state index contributed by atoms with van der Waals surface area (Å²) in [7, 11) is 0. The minimum Gasteiger partial charge on any atom is -0.324 e. The second-order valence-corrected chi connectivity index (χ2v) is 7.33. The molecule has 0 saturated carbocycles. The summed E-state index contributed by atoms with van der Waals surface area (Å²) in [4.78, 5) is 19.1. The number of hydrogen-bond donors (Lipinski definition) is 1. The fourth-order valence-electron chi connectivity index (χ4n) is 3.90. The fourth-order valence-corrected chi connectivity index (χ4v) is 3.90. The molecule has 0 unspecified atom stereocenters. The molecular formula is C23H25N3O. The van der Waals surface area contributed by atoms with Crippen LogP contribution in [0.15, 0.2) is 66.9 Å². The van der Waals surface area contributed by atoms with E-state index in [1.54, 1.807) is 6.20 Å². The van der Waals surface area contributed by atoms with Gasteiger partial charge in [0.15, 0.2) is 0 Å². The molecule has 1 N–H and O–H groups in total. The standard InChI is InChI=1S/C23H25N3O/c27-23(25-22-10-4-9-21-20(22)8-5-13-24-21)17-26-14-11-19(12-15-26)16-18-6-2-1-3-7-18/h1-10,13,19H,11-12,14-17H2,(H,25,27). The molecule has 138 valence electrons. The minimum absolute atomic E-state index is 0.0489. The van der Waals surface area contributed by atoms with Crippen LogP contribution in [0.5, 0.6) is 0 Å². The maximum absolute atomic E-state index is 12.5. The highest BCUT2D eigenvalue weighted by atomic mass is 16.2. The van der Waals surface area contributed by atoms with Gasteiger partial charge in [0.1, 0.15) is 0 Å². The molecule has 1 saturated heterocycles. The van der Waals surface area contributed by atoms with Gasteiger partial charge in [0.25, 0.3) is 0 Å². The van der Waals surface area contributed by atoms with Gasteiger partial charge in [0.2, 0.25) is 5.91 Å². The average molecular weight is 359 g/mol. The van der Waals surface area contributed by atoms with Gasteiger partial charge < -0.3 is 5.32 Å². The molecule has 0 atom stereocenters. The average Bonchev–Trinajstić information content (AvgIpc) is 2.71. The number of carbonyl (C=O) groups is 1. The first-order valence-electron chi connectivity index (χ1n) is 9.68. The number of rotatable bonds is 5. The number of amides is 1. The second kappa shape index (κ2) is 8.31. The van der Waals surface area contributed by atoms with Gasteiger partial charge in [0, 0.05) is 11.6 Å². The number of aromatic nitrogens is 1. The Balaban J connectivity index is 1.29. The van der Waals surface area contributed by atoms with Crippen molar-refractivity contribution < 1.29 is 4.79 Å².